The quantitative estimate of drug-likeness (QED) is 0.175. The zero-order valence-corrected chi connectivity index (χ0v) is 19.9. The van der Waals surface area contributed by atoms with E-state index in [1.165, 1.54) is 18.2 Å². The van der Waals surface area contributed by atoms with Crippen molar-refractivity contribution >= 4 is 0 Å². The van der Waals surface area contributed by atoms with Gasteiger partial charge < -0.3 is 0 Å². The topological polar surface area (TPSA) is 0 Å². The summed E-state index contributed by atoms with van der Waals surface area (Å²) in [7, 11) is 0. The molecular weight excluding hydrogens is 405 g/mol. The van der Waals surface area contributed by atoms with Gasteiger partial charge in [0.2, 0.25) is 0 Å². The van der Waals surface area contributed by atoms with Gasteiger partial charge in [-0.05, 0) is 65.0 Å². The summed E-state index contributed by atoms with van der Waals surface area (Å²) in [5, 5.41) is 0. The van der Waals surface area contributed by atoms with Gasteiger partial charge in [-0.3, -0.25) is 0 Å². The van der Waals surface area contributed by atoms with Crippen LogP contribution in [0.1, 0.15) is 46.5 Å². The van der Waals surface area contributed by atoms with E-state index in [0.717, 1.165) is 12.8 Å². The Labute approximate surface area is 193 Å². The Morgan fingerprint density at radius 1 is 0.781 bits per heavy atom. The molecule has 0 saturated heterocycles. The normalized spacial score (nSPS) is 13.5. The molecule has 0 N–H and O–H groups in total. The van der Waals surface area contributed by atoms with Crippen LogP contribution in [0.4, 0.5) is 13.2 Å². The van der Waals surface area contributed by atoms with E-state index in [4.69, 9.17) is 0 Å². The van der Waals surface area contributed by atoms with Crippen LogP contribution >= 0.6 is 0 Å². The fourth-order valence-corrected chi connectivity index (χ4v) is 2.55. The van der Waals surface area contributed by atoms with E-state index >= 15 is 0 Å². The minimum atomic E-state index is -1.12. The van der Waals surface area contributed by atoms with Gasteiger partial charge in [-0.2, -0.15) is 0 Å². The van der Waals surface area contributed by atoms with E-state index in [1.54, 1.807) is 6.08 Å². The summed E-state index contributed by atoms with van der Waals surface area (Å²) in [6.07, 6.45) is 8.40. The molecule has 174 valence electrons. The first-order valence-corrected chi connectivity index (χ1v) is 10.7. The molecule has 0 saturated carbocycles. The second-order valence-electron chi connectivity index (χ2n) is 8.34. The van der Waals surface area contributed by atoms with Gasteiger partial charge >= 0.3 is 0 Å². The first kappa shape index (κ1) is 29.2. The second-order valence-corrected chi connectivity index (χ2v) is 8.34. The summed E-state index contributed by atoms with van der Waals surface area (Å²) in [4.78, 5) is 0. The molecule has 0 aliphatic carbocycles. The second kappa shape index (κ2) is 14.3. The van der Waals surface area contributed by atoms with E-state index in [9.17, 15) is 13.2 Å². The van der Waals surface area contributed by atoms with Crippen molar-refractivity contribution in [3.05, 3.63) is 121 Å². The molecule has 0 radical (unpaired) electrons. The zero-order chi connectivity index (χ0) is 25.0. The van der Waals surface area contributed by atoms with Crippen molar-refractivity contribution in [2.75, 3.05) is 0 Å². The summed E-state index contributed by atoms with van der Waals surface area (Å²) < 4.78 is 43.1. The lowest BCUT2D eigenvalue weighted by atomic mass is 9.92. The maximum absolute atomic E-state index is 14.6. The molecule has 3 heteroatoms. The van der Waals surface area contributed by atoms with Gasteiger partial charge in [0.05, 0.1) is 0 Å². The van der Waals surface area contributed by atoms with Crippen LogP contribution in [0.15, 0.2) is 121 Å². The third-order valence-corrected chi connectivity index (χ3v) is 5.08. The maximum Gasteiger partial charge on any atom is 0.166 e. The number of allylic oxidation sites excluding steroid dienone is 13. The van der Waals surface area contributed by atoms with Crippen LogP contribution in [0.5, 0.6) is 0 Å². The van der Waals surface area contributed by atoms with Crippen molar-refractivity contribution in [3.63, 3.8) is 0 Å². The molecule has 0 aliphatic rings. The largest absolute Gasteiger partial charge is 0.207 e. The minimum Gasteiger partial charge on any atom is -0.207 e. The van der Waals surface area contributed by atoms with Crippen molar-refractivity contribution in [2.24, 2.45) is 11.8 Å². The zero-order valence-electron chi connectivity index (χ0n) is 19.9. The van der Waals surface area contributed by atoms with Gasteiger partial charge in [-0.1, -0.05) is 84.9 Å². The van der Waals surface area contributed by atoms with E-state index in [1.807, 2.05) is 6.92 Å². The Balaban J connectivity index is 5.16. The first-order chi connectivity index (χ1) is 14.8. The van der Waals surface area contributed by atoms with E-state index in [-0.39, 0.29) is 29.1 Å². The fourth-order valence-electron chi connectivity index (χ4n) is 2.55. The van der Waals surface area contributed by atoms with Crippen molar-refractivity contribution in [1.82, 2.24) is 0 Å². The predicted molar refractivity (Wildman–Crippen MR) is 135 cm³/mol. The molecule has 0 heterocycles. The van der Waals surface area contributed by atoms with Gasteiger partial charge in [-0.25, -0.2) is 13.2 Å². The lowest BCUT2D eigenvalue weighted by Gasteiger charge is -2.15. The summed E-state index contributed by atoms with van der Waals surface area (Å²) in [6, 6.07) is 0. The van der Waals surface area contributed by atoms with E-state index in [0.29, 0.717) is 29.1 Å². The average Bonchev–Trinajstić information content (AvgIpc) is 2.76. The number of rotatable bonds is 15. The molecule has 0 amide bonds. The molecule has 0 fully saturated rings. The van der Waals surface area contributed by atoms with Crippen molar-refractivity contribution < 1.29 is 13.2 Å². The molecule has 0 rings (SSSR count). The highest BCUT2D eigenvalue weighted by atomic mass is 19.2. The molecule has 1 atom stereocenters. The highest BCUT2D eigenvalue weighted by molar-refractivity contribution is 5.53. The maximum atomic E-state index is 14.6. The number of hydrogen-bond acceptors (Lipinski definition) is 0. The van der Waals surface area contributed by atoms with Crippen LogP contribution in [0.2, 0.25) is 0 Å². The lowest BCUT2D eigenvalue weighted by Crippen LogP contribution is -2.02. The van der Waals surface area contributed by atoms with Crippen molar-refractivity contribution in [2.45, 2.75) is 46.5 Å². The predicted octanol–water partition coefficient (Wildman–Crippen LogP) is 9.92. The van der Waals surface area contributed by atoms with Crippen molar-refractivity contribution in [1.29, 1.82) is 0 Å². The van der Waals surface area contributed by atoms with Crippen LogP contribution in [0.3, 0.4) is 0 Å². The summed E-state index contributed by atoms with van der Waals surface area (Å²) >= 11 is 0. The monoisotopic (exact) mass is 442 g/mol. The highest BCUT2D eigenvalue weighted by Crippen LogP contribution is 2.29. The molecular formula is C29H37F3. The summed E-state index contributed by atoms with van der Waals surface area (Å²) in [5.41, 5.74) is 1.14. The third kappa shape index (κ3) is 10.00. The third-order valence-electron chi connectivity index (χ3n) is 5.08. The molecule has 0 spiro atoms. The summed E-state index contributed by atoms with van der Waals surface area (Å²) in [6.45, 7) is 32.1. The fraction of sp³-hybridized carbons (Fsp3) is 0.310. The highest BCUT2D eigenvalue weighted by Gasteiger charge is 2.15. The van der Waals surface area contributed by atoms with Crippen LogP contribution in [0.25, 0.3) is 0 Å². The molecule has 0 aromatic carbocycles. The molecule has 32 heavy (non-hydrogen) atoms. The number of hydrogen-bond donors (Lipinski definition) is 0. The minimum absolute atomic E-state index is 0.0132. The Kier molecular flexibility index (Phi) is 13.0. The Bertz CT molecular complexity index is 872. The van der Waals surface area contributed by atoms with Gasteiger partial charge in [0.15, 0.2) is 11.7 Å². The van der Waals surface area contributed by atoms with Crippen LogP contribution < -0.4 is 0 Å². The molecule has 0 aliphatic heterocycles. The van der Waals surface area contributed by atoms with E-state index < -0.39 is 17.5 Å². The molecule has 0 bridgehead atoms. The van der Waals surface area contributed by atoms with Gasteiger partial charge in [0, 0.05) is 5.57 Å². The molecule has 0 aromatic heterocycles. The summed E-state index contributed by atoms with van der Waals surface area (Å²) in [5.74, 6) is -2.06. The SMILES string of the molecule is C=CCCC(=C)/C(F)=C(/F)C(=C)C(=C)/C=C\C(=C)C(=C)/C=C(/F)C(=C)C(C)CCC(C)C. The molecule has 1 unspecified atom stereocenters. The Morgan fingerprint density at radius 3 is 1.88 bits per heavy atom. The van der Waals surface area contributed by atoms with Crippen LogP contribution in [-0.2, 0) is 0 Å². The van der Waals surface area contributed by atoms with Gasteiger partial charge in [0.25, 0.3) is 0 Å². The molecule has 0 nitrogen and oxygen atoms in total. The molecule has 0 aromatic rings. The Morgan fingerprint density at radius 2 is 1.34 bits per heavy atom. The smallest absolute Gasteiger partial charge is 0.166 e. The van der Waals surface area contributed by atoms with Gasteiger partial charge in [0.1, 0.15) is 5.83 Å². The van der Waals surface area contributed by atoms with Crippen LogP contribution in [-0.4, -0.2) is 0 Å². The van der Waals surface area contributed by atoms with E-state index in [2.05, 4.69) is 59.9 Å². The van der Waals surface area contributed by atoms with Crippen LogP contribution in [0, 0.1) is 11.8 Å². The van der Waals surface area contributed by atoms with Gasteiger partial charge in [-0.15, -0.1) is 6.58 Å². The standard InChI is InChI=1S/C29H37F3/c1-11-12-13-23(7)28(31)29(32)26(10)22(6)17-16-20(4)24(8)18-27(30)25(9)21(5)15-14-19(2)3/h11,16-19,21H,1,4,6-10,12-15H2,2-3,5H3/b17-16-,27-18+,29-28-. The number of halogens is 3. The lowest BCUT2D eigenvalue weighted by molar-refractivity contribution is 0.478. The van der Waals surface area contributed by atoms with Crippen molar-refractivity contribution in [3.8, 4) is 0 Å². The Hall–Kier alpha value is -2.81. The first-order valence-electron chi connectivity index (χ1n) is 10.7. The average molecular weight is 443 g/mol.